The van der Waals surface area contributed by atoms with E-state index in [1.165, 1.54) is 5.56 Å². The Kier molecular flexibility index (Phi) is 6.63. The van der Waals surface area contributed by atoms with Gasteiger partial charge in [-0.1, -0.05) is 11.6 Å². The van der Waals surface area contributed by atoms with Crippen LogP contribution in [0.15, 0.2) is 36.5 Å². The summed E-state index contributed by atoms with van der Waals surface area (Å²) < 4.78 is 7.43. The number of nitriles is 1. The van der Waals surface area contributed by atoms with E-state index in [2.05, 4.69) is 46.6 Å². The van der Waals surface area contributed by atoms with Gasteiger partial charge < -0.3 is 14.5 Å². The van der Waals surface area contributed by atoms with Crippen LogP contribution in [0, 0.1) is 11.3 Å². The van der Waals surface area contributed by atoms with Crippen molar-refractivity contribution in [1.29, 1.82) is 5.26 Å². The second-order valence-corrected chi connectivity index (χ2v) is 9.01. The van der Waals surface area contributed by atoms with Crippen molar-refractivity contribution in [2.45, 2.75) is 19.5 Å². The maximum atomic E-state index is 9.20. The Morgan fingerprint density at radius 3 is 2.68 bits per heavy atom. The Morgan fingerprint density at radius 2 is 1.88 bits per heavy atom. The van der Waals surface area contributed by atoms with Gasteiger partial charge in [-0.05, 0) is 42.3 Å². The van der Waals surface area contributed by atoms with Gasteiger partial charge in [-0.15, -0.1) is 10.2 Å². The number of fused-ring (bicyclic) bond motifs is 3. The van der Waals surface area contributed by atoms with Crippen molar-refractivity contribution in [1.82, 2.24) is 24.6 Å². The molecule has 1 saturated heterocycles. The average Bonchev–Trinajstić information content (AvgIpc) is 3.20. The number of pyridine rings is 1. The topological polar surface area (TPSA) is 86.3 Å². The third-order valence-electron chi connectivity index (χ3n) is 6.34. The highest BCUT2D eigenvalue weighted by molar-refractivity contribution is 6.30. The summed E-state index contributed by atoms with van der Waals surface area (Å²) in [6, 6.07) is 11.8. The highest BCUT2D eigenvalue weighted by Gasteiger charge is 2.28. The number of methoxy groups -OCH3 is 1. The molecule has 3 aromatic rings. The molecular formula is C24H27ClN8O. The van der Waals surface area contributed by atoms with E-state index >= 15 is 0 Å². The molecule has 0 amide bonds. The minimum Gasteiger partial charge on any atom is -0.385 e. The number of ether oxygens (including phenoxy) is 1. The summed E-state index contributed by atoms with van der Waals surface area (Å²) in [6.45, 7) is 6.32. The summed E-state index contributed by atoms with van der Waals surface area (Å²) in [5, 5.41) is 19.1. The largest absolute Gasteiger partial charge is 0.385 e. The lowest BCUT2D eigenvalue weighted by Crippen LogP contribution is -2.47. The first-order chi connectivity index (χ1) is 16.7. The van der Waals surface area contributed by atoms with Gasteiger partial charge in [0, 0.05) is 64.2 Å². The lowest BCUT2D eigenvalue weighted by atomic mass is 10.1. The molecule has 2 aliphatic rings. The molecule has 0 radical (unpaired) electrons. The Morgan fingerprint density at radius 1 is 1.06 bits per heavy atom. The molecule has 0 N–H and O–H groups in total. The van der Waals surface area contributed by atoms with Crippen LogP contribution in [-0.2, 0) is 17.8 Å². The molecule has 5 rings (SSSR count). The van der Waals surface area contributed by atoms with Crippen LogP contribution < -0.4 is 9.80 Å². The molecule has 1 aromatic carbocycles. The molecule has 0 spiro atoms. The fraction of sp³-hybridized carbons (Fsp3) is 0.417. The molecule has 0 saturated carbocycles. The molecule has 1 fully saturated rings. The molecule has 34 heavy (non-hydrogen) atoms. The lowest BCUT2D eigenvalue weighted by Gasteiger charge is -2.36. The number of hydrogen-bond acceptors (Lipinski definition) is 8. The van der Waals surface area contributed by atoms with E-state index in [1.54, 1.807) is 19.4 Å². The van der Waals surface area contributed by atoms with E-state index in [0.29, 0.717) is 12.1 Å². The maximum Gasteiger partial charge on any atom is 0.232 e. The van der Waals surface area contributed by atoms with E-state index in [1.807, 2.05) is 18.2 Å². The molecule has 0 bridgehead atoms. The van der Waals surface area contributed by atoms with E-state index in [4.69, 9.17) is 16.3 Å². The van der Waals surface area contributed by atoms with E-state index in [9.17, 15) is 5.26 Å². The van der Waals surface area contributed by atoms with Gasteiger partial charge in [0.1, 0.15) is 5.82 Å². The van der Waals surface area contributed by atoms with Gasteiger partial charge in [0.05, 0.1) is 23.9 Å². The number of halogens is 1. The summed E-state index contributed by atoms with van der Waals surface area (Å²) in [5.41, 5.74) is 2.88. The Hall–Kier alpha value is -3.19. The van der Waals surface area contributed by atoms with Crippen molar-refractivity contribution in [3.05, 3.63) is 58.5 Å². The molecule has 0 unspecified atom stereocenters. The average molecular weight is 479 g/mol. The normalized spacial score (nSPS) is 16.0. The van der Waals surface area contributed by atoms with Crippen LogP contribution in [0.2, 0.25) is 5.02 Å². The molecule has 0 atom stereocenters. The van der Waals surface area contributed by atoms with Crippen LogP contribution in [0.4, 0.5) is 11.8 Å². The number of hydrogen-bond donors (Lipinski definition) is 0. The fourth-order valence-electron chi connectivity index (χ4n) is 4.64. The van der Waals surface area contributed by atoms with Gasteiger partial charge >= 0.3 is 0 Å². The molecule has 10 heteroatoms. The standard InChI is InChI=1S/C24H27ClN8O/c1-34-12-2-7-30-16-19-14-20(25)3-4-21(19)33-23(17-30)28-29-24(33)32-10-8-31(9-11-32)22-13-18(15-26)5-6-27-22/h3-6,13-14H,2,7-12,16-17H2,1H3. The Balaban J connectivity index is 1.39. The van der Waals surface area contributed by atoms with Crippen molar-refractivity contribution in [3.8, 4) is 11.8 Å². The van der Waals surface area contributed by atoms with E-state index in [0.717, 1.165) is 80.6 Å². The number of nitrogens with zero attached hydrogens (tertiary/aromatic N) is 8. The van der Waals surface area contributed by atoms with Gasteiger partial charge in [-0.25, -0.2) is 4.98 Å². The summed E-state index contributed by atoms with van der Waals surface area (Å²) in [7, 11) is 1.73. The van der Waals surface area contributed by atoms with Gasteiger partial charge in [-0.3, -0.25) is 9.47 Å². The van der Waals surface area contributed by atoms with Crippen LogP contribution in [0.3, 0.4) is 0 Å². The molecule has 4 heterocycles. The van der Waals surface area contributed by atoms with Crippen molar-refractivity contribution >= 4 is 23.4 Å². The van der Waals surface area contributed by atoms with Gasteiger partial charge in [0.25, 0.3) is 0 Å². The predicted molar refractivity (Wildman–Crippen MR) is 130 cm³/mol. The molecule has 9 nitrogen and oxygen atoms in total. The third kappa shape index (κ3) is 4.57. The summed E-state index contributed by atoms with van der Waals surface area (Å²) >= 11 is 6.37. The summed E-state index contributed by atoms with van der Waals surface area (Å²) in [4.78, 5) is 11.3. The fourth-order valence-corrected chi connectivity index (χ4v) is 4.84. The molecule has 176 valence electrons. The number of piperazine rings is 1. The second kappa shape index (κ2) is 9.97. The van der Waals surface area contributed by atoms with Crippen molar-refractivity contribution in [3.63, 3.8) is 0 Å². The number of rotatable bonds is 6. The quantitative estimate of drug-likeness (QED) is 0.500. The molecule has 2 aromatic heterocycles. The molecule has 2 aliphatic heterocycles. The van der Waals surface area contributed by atoms with Crippen molar-refractivity contribution in [2.75, 3.05) is 56.2 Å². The van der Waals surface area contributed by atoms with Crippen LogP contribution in [-0.4, -0.2) is 71.1 Å². The number of aromatic nitrogens is 4. The first-order valence-electron chi connectivity index (χ1n) is 11.5. The van der Waals surface area contributed by atoms with E-state index in [-0.39, 0.29) is 0 Å². The van der Waals surface area contributed by atoms with Gasteiger partial charge in [-0.2, -0.15) is 5.26 Å². The van der Waals surface area contributed by atoms with Crippen molar-refractivity contribution in [2.24, 2.45) is 0 Å². The van der Waals surface area contributed by atoms with Gasteiger partial charge in [0.2, 0.25) is 5.95 Å². The van der Waals surface area contributed by atoms with Crippen LogP contribution in [0.1, 0.15) is 23.4 Å². The number of anilines is 2. The lowest BCUT2D eigenvalue weighted by molar-refractivity contribution is 0.166. The summed E-state index contributed by atoms with van der Waals surface area (Å²) in [6.07, 6.45) is 2.65. The molecule has 0 aliphatic carbocycles. The Bertz CT molecular complexity index is 1200. The minimum atomic E-state index is 0.625. The third-order valence-corrected chi connectivity index (χ3v) is 6.57. The zero-order chi connectivity index (χ0) is 23.5. The first-order valence-corrected chi connectivity index (χ1v) is 11.8. The molecular weight excluding hydrogens is 452 g/mol. The minimum absolute atomic E-state index is 0.625. The van der Waals surface area contributed by atoms with Gasteiger partial charge in [0.15, 0.2) is 5.82 Å². The summed E-state index contributed by atoms with van der Waals surface area (Å²) in [5.74, 6) is 2.63. The zero-order valence-corrected chi connectivity index (χ0v) is 19.9. The Labute approximate surface area is 204 Å². The second-order valence-electron chi connectivity index (χ2n) is 8.57. The van der Waals surface area contributed by atoms with Crippen LogP contribution >= 0.6 is 11.6 Å². The first kappa shape index (κ1) is 22.6. The van der Waals surface area contributed by atoms with Crippen LogP contribution in [0.5, 0.6) is 0 Å². The predicted octanol–water partition coefficient (Wildman–Crippen LogP) is 2.87. The smallest absolute Gasteiger partial charge is 0.232 e. The number of benzene rings is 1. The highest BCUT2D eigenvalue weighted by Crippen LogP contribution is 2.31. The monoisotopic (exact) mass is 478 g/mol. The SMILES string of the molecule is COCCCN1Cc2cc(Cl)ccc2-n2c(nnc2N2CCN(c3cc(C#N)ccn3)CC2)C1. The zero-order valence-electron chi connectivity index (χ0n) is 19.2. The maximum absolute atomic E-state index is 9.20. The van der Waals surface area contributed by atoms with E-state index < -0.39 is 0 Å². The van der Waals surface area contributed by atoms with Crippen LogP contribution in [0.25, 0.3) is 5.69 Å². The highest BCUT2D eigenvalue weighted by atomic mass is 35.5. The van der Waals surface area contributed by atoms with Crippen molar-refractivity contribution < 1.29 is 4.74 Å².